The van der Waals surface area contributed by atoms with Crippen LogP contribution in [0.4, 0.5) is 0 Å². The SMILES string of the molecule is CC/C=C\C/C=C\C/C=C\C/C=C\C/C=C\C/C=C\C/C=C\CCCCCC(=O)OCC(COC(=O)CCCCCCCCC)OC(=O)CCCCCCCCCCCCCCC. The zero-order valence-corrected chi connectivity index (χ0v) is 41.1. The second-order valence-electron chi connectivity index (χ2n) is 17.1. The maximum atomic E-state index is 12.7. The lowest BCUT2D eigenvalue weighted by molar-refractivity contribution is -0.167. The molecule has 1 atom stereocenters. The molecule has 0 bridgehead atoms. The predicted molar refractivity (Wildman–Crippen MR) is 270 cm³/mol. The lowest BCUT2D eigenvalue weighted by Crippen LogP contribution is -2.30. The molecule has 63 heavy (non-hydrogen) atoms. The smallest absolute Gasteiger partial charge is 0.306 e. The maximum Gasteiger partial charge on any atom is 0.306 e. The van der Waals surface area contributed by atoms with E-state index in [-0.39, 0.29) is 31.1 Å². The topological polar surface area (TPSA) is 78.9 Å². The van der Waals surface area contributed by atoms with Crippen molar-refractivity contribution in [1.29, 1.82) is 0 Å². The maximum absolute atomic E-state index is 12.7. The Morgan fingerprint density at radius 1 is 0.333 bits per heavy atom. The molecule has 1 unspecified atom stereocenters. The molecule has 0 aliphatic rings. The van der Waals surface area contributed by atoms with Gasteiger partial charge in [-0.25, -0.2) is 0 Å². The van der Waals surface area contributed by atoms with Crippen LogP contribution in [0, 0.1) is 0 Å². The molecule has 0 heterocycles. The van der Waals surface area contributed by atoms with Crippen LogP contribution < -0.4 is 0 Å². The van der Waals surface area contributed by atoms with Gasteiger partial charge in [0.2, 0.25) is 0 Å². The van der Waals surface area contributed by atoms with Crippen molar-refractivity contribution >= 4 is 17.9 Å². The molecule has 0 amide bonds. The van der Waals surface area contributed by atoms with Gasteiger partial charge in [-0.3, -0.25) is 14.4 Å². The van der Waals surface area contributed by atoms with Gasteiger partial charge < -0.3 is 14.2 Å². The zero-order chi connectivity index (χ0) is 45.8. The Balaban J connectivity index is 4.28. The van der Waals surface area contributed by atoms with E-state index in [4.69, 9.17) is 14.2 Å². The van der Waals surface area contributed by atoms with Crippen molar-refractivity contribution in [3.05, 3.63) is 85.1 Å². The van der Waals surface area contributed by atoms with Gasteiger partial charge in [0.15, 0.2) is 6.10 Å². The summed E-state index contributed by atoms with van der Waals surface area (Å²) in [6, 6.07) is 0. The summed E-state index contributed by atoms with van der Waals surface area (Å²) in [6.07, 6.45) is 65.9. The highest BCUT2D eigenvalue weighted by Crippen LogP contribution is 2.15. The highest BCUT2D eigenvalue weighted by Gasteiger charge is 2.19. The van der Waals surface area contributed by atoms with E-state index < -0.39 is 6.10 Å². The minimum Gasteiger partial charge on any atom is -0.462 e. The van der Waals surface area contributed by atoms with Crippen molar-refractivity contribution in [3.8, 4) is 0 Å². The Morgan fingerprint density at radius 2 is 0.619 bits per heavy atom. The van der Waals surface area contributed by atoms with Crippen molar-refractivity contribution in [3.63, 3.8) is 0 Å². The third kappa shape index (κ3) is 49.5. The number of hydrogen-bond donors (Lipinski definition) is 0. The van der Waals surface area contributed by atoms with Crippen LogP contribution in [0.1, 0.15) is 239 Å². The molecule has 0 aromatic rings. The zero-order valence-electron chi connectivity index (χ0n) is 41.1. The van der Waals surface area contributed by atoms with Crippen molar-refractivity contribution in [1.82, 2.24) is 0 Å². The minimum absolute atomic E-state index is 0.0855. The fourth-order valence-corrected chi connectivity index (χ4v) is 7.01. The Bertz CT molecular complexity index is 1240. The monoisotopic (exact) mass is 877 g/mol. The van der Waals surface area contributed by atoms with E-state index in [2.05, 4.69) is 106 Å². The Morgan fingerprint density at radius 3 is 0.968 bits per heavy atom. The van der Waals surface area contributed by atoms with E-state index in [0.717, 1.165) is 109 Å². The highest BCUT2D eigenvalue weighted by atomic mass is 16.6. The number of hydrogen-bond acceptors (Lipinski definition) is 6. The van der Waals surface area contributed by atoms with Gasteiger partial charge in [0.1, 0.15) is 13.2 Å². The average molecular weight is 877 g/mol. The first-order valence-electron chi connectivity index (χ1n) is 26.1. The summed E-state index contributed by atoms with van der Waals surface area (Å²) < 4.78 is 16.7. The number of rotatable bonds is 46. The van der Waals surface area contributed by atoms with Crippen molar-refractivity contribution in [2.75, 3.05) is 13.2 Å². The third-order valence-corrected chi connectivity index (χ3v) is 10.9. The third-order valence-electron chi connectivity index (χ3n) is 10.9. The van der Waals surface area contributed by atoms with Crippen LogP contribution in [-0.2, 0) is 28.6 Å². The summed E-state index contributed by atoms with van der Waals surface area (Å²) in [5.74, 6) is -0.926. The lowest BCUT2D eigenvalue weighted by Gasteiger charge is -2.18. The lowest BCUT2D eigenvalue weighted by atomic mass is 10.0. The van der Waals surface area contributed by atoms with Crippen molar-refractivity contribution < 1.29 is 28.6 Å². The molecule has 0 N–H and O–H groups in total. The second kappa shape index (κ2) is 51.2. The van der Waals surface area contributed by atoms with E-state index >= 15 is 0 Å². The van der Waals surface area contributed by atoms with E-state index in [9.17, 15) is 14.4 Å². The highest BCUT2D eigenvalue weighted by molar-refractivity contribution is 5.71. The van der Waals surface area contributed by atoms with Crippen LogP contribution in [0.15, 0.2) is 85.1 Å². The fraction of sp³-hybridized carbons (Fsp3) is 0.702. The molecule has 0 fully saturated rings. The van der Waals surface area contributed by atoms with Gasteiger partial charge in [0.05, 0.1) is 0 Å². The van der Waals surface area contributed by atoms with Crippen molar-refractivity contribution in [2.45, 2.75) is 245 Å². The molecule has 0 rings (SSSR count). The molecule has 0 aromatic heterocycles. The van der Waals surface area contributed by atoms with E-state index in [1.165, 1.54) is 89.9 Å². The molecule has 0 saturated heterocycles. The summed E-state index contributed by atoms with van der Waals surface area (Å²) in [7, 11) is 0. The Labute approximate surface area is 388 Å². The average Bonchev–Trinajstić information content (AvgIpc) is 3.28. The summed E-state index contributed by atoms with van der Waals surface area (Å²) in [5, 5.41) is 0. The van der Waals surface area contributed by atoms with Crippen LogP contribution in [0.25, 0.3) is 0 Å². The standard InChI is InChI=1S/C57H96O6/c1-4-7-10-13-16-18-20-22-23-24-25-26-27-28-29-30-31-32-33-35-36-38-41-44-47-50-56(59)62-53-54(52-61-55(58)49-46-43-40-15-12-9-6-3)63-57(60)51-48-45-42-39-37-34-21-19-17-14-11-8-5-2/h7,10,16,18,22-23,25-26,28-29,31-32,35-36,54H,4-6,8-9,11-15,17,19-21,24,27,30,33-34,37-53H2,1-3H3/b10-7-,18-16-,23-22-,26-25-,29-28-,32-31-,36-35-. The predicted octanol–water partition coefficient (Wildman–Crippen LogP) is 17.2. The number of carbonyl (C=O) groups is 3. The number of ether oxygens (including phenoxy) is 3. The second-order valence-corrected chi connectivity index (χ2v) is 17.1. The molecule has 0 aromatic carbocycles. The summed E-state index contributed by atoms with van der Waals surface area (Å²) in [5.41, 5.74) is 0. The van der Waals surface area contributed by atoms with Crippen LogP contribution in [0.2, 0.25) is 0 Å². The van der Waals surface area contributed by atoms with Gasteiger partial charge in [0.25, 0.3) is 0 Å². The molecule has 6 heteroatoms. The van der Waals surface area contributed by atoms with E-state index in [0.29, 0.717) is 19.3 Å². The first-order valence-corrected chi connectivity index (χ1v) is 26.1. The normalized spacial score (nSPS) is 12.7. The molecular weight excluding hydrogens is 781 g/mol. The van der Waals surface area contributed by atoms with Crippen LogP contribution >= 0.6 is 0 Å². The summed E-state index contributed by atoms with van der Waals surface area (Å²) in [6.45, 7) is 6.45. The number of carbonyl (C=O) groups excluding carboxylic acids is 3. The molecule has 0 aliphatic heterocycles. The van der Waals surface area contributed by atoms with Gasteiger partial charge in [-0.15, -0.1) is 0 Å². The quantitative estimate of drug-likeness (QED) is 0.0262. The Kier molecular flexibility index (Phi) is 48.5. The number of allylic oxidation sites excluding steroid dienone is 14. The van der Waals surface area contributed by atoms with Gasteiger partial charge in [-0.1, -0.05) is 228 Å². The molecule has 0 saturated carbocycles. The van der Waals surface area contributed by atoms with E-state index in [1.807, 2.05) is 0 Å². The molecule has 360 valence electrons. The largest absolute Gasteiger partial charge is 0.462 e. The number of unbranched alkanes of at least 4 members (excludes halogenated alkanes) is 21. The Hall–Kier alpha value is -3.41. The first kappa shape index (κ1) is 59.6. The molecule has 6 nitrogen and oxygen atoms in total. The van der Waals surface area contributed by atoms with Gasteiger partial charge >= 0.3 is 17.9 Å². The van der Waals surface area contributed by atoms with Gasteiger partial charge in [-0.05, 0) is 77.0 Å². The minimum atomic E-state index is -0.785. The van der Waals surface area contributed by atoms with Gasteiger partial charge in [-0.2, -0.15) is 0 Å². The van der Waals surface area contributed by atoms with Gasteiger partial charge in [0, 0.05) is 19.3 Å². The fourth-order valence-electron chi connectivity index (χ4n) is 7.01. The van der Waals surface area contributed by atoms with E-state index in [1.54, 1.807) is 0 Å². The van der Waals surface area contributed by atoms with Crippen LogP contribution in [0.5, 0.6) is 0 Å². The van der Waals surface area contributed by atoms with Crippen LogP contribution in [-0.4, -0.2) is 37.2 Å². The molecule has 0 spiro atoms. The molecular formula is C57H96O6. The summed E-state index contributed by atoms with van der Waals surface area (Å²) in [4.78, 5) is 37.8. The molecule has 0 radical (unpaired) electrons. The van der Waals surface area contributed by atoms with Crippen molar-refractivity contribution in [2.24, 2.45) is 0 Å². The first-order chi connectivity index (χ1) is 31.0. The number of esters is 3. The molecule has 0 aliphatic carbocycles. The van der Waals surface area contributed by atoms with Crippen LogP contribution in [0.3, 0.4) is 0 Å². The summed E-state index contributed by atoms with van der Waals surface area (Å²) >= 11 is 0.